The Morgan fingerprint density at radius 3 is 2.46 bits per heavy atom. The van der Waals surface area contributed by atoms with Gasteiger partial charge in [0.1, 0.15) is 0 Å². The van der Waals surface area contributed by atoms with Crippen LogP contribution in [0.15, 0.2) is 30.3 Å². The Hall–Kier alpha value is -1.91. The van der Waals surface area contributed by atoms with Gasteiger partial charge in [-0.2, -0.15) is 0 Å². The molecule has 13 heavy (non-hydrogen) atoms. The van der Waals surface area contributed by atoms with Crippen molar-refractivity contribution in [2.24, 2.45) is 0 Å². The molecule has 0 saturated heterocycles. The summed E-state index contributed by atoms with van der Waals surface area (Å²) in [5.74, 6) is 0. The zero-order chi connectivity index (χ0) is 9.68. The summed E-state index contributed by atoms with van der Waals surface area (Å²) >= 11 is 0. The van der Waals surface area contributed by atoms with Crippen molar-refractivity contribution >= 4 is 6.47 Å². The van der Waals surface area contributed by atoms with Crippen molar-refractivity contribution < 1.29 is 14.5 Å². The molecule has 5 heteroatoms. The van der Waals surface area contributed by atoms with E-state index in [1.807, 2.05) is 0 Å². The van der Waals surface area contributed by atoms with Gasteiger partial charge in [-0.3, -0.25) is 10.1 Å². The molecule has 67 valence electrons. The van der Waals surface area contributed by atoms with E-state index in [1.165, 1.54) is 12.1 Å². The number of carbonyl (C=O) groups excluding carboxylic acids is 1. The summed E-state index contributed by atoms with van der Waals surface area (Å²) in [6, 6.07) is 7.97. The lowest BCUT2D eigenvalue weighted by Crippen LogP contribution is -2.13. The second-order valence-electron chi connectivity index (χ2n) is 2.25. The first-order chi connectivity index (χ1) is 6.25. The number of benzene rings is 1. The van der Waals surface area contributed by atoms with E-state index in [9.17, 15) is 14.9 Å². The molecule has 0 amide bonds. The Morgan fingerprint density at radius 1 is 1.38 bits per heavy atom. The van der Waals surface area contributed by atoms with Crippen LogP contribution in [0.4, 0.5) is 0 Å². The Balaban J connectivity index is 2.88. The van der Waals surface area contributed by atoms with Gasteiger partial charge in [0.05, 0.1) is 10.5 Å². The Kier molecular flexibility index (Phi) is 2.97. The Labute approximate surface area is 74.1 Å². The summed E-state index contributed by atoms with van der Waals surface area (Å²) in [4.78, 5) is 19.5. The Bertz CT molecular complexity index is 298. The number of hydrogen-bond acceptors (Lipinski definition) is 4. The van der Waals surface area contributed by atoms with Gasteiger partial charge in [-0.15, -0.1) is 0 Å². The van der Waals surface area contributed by atoms with E-state index in [0.29, 0.717) is 5.56 Å². The van der Waals surface area contributed by atoms with Crippen molar-refractivity contribution in [3.8, 4) is 0 Å². The second-order valence-corrected chi connectivity index (χ2v) is 2.25. The average molecular weight is 180 g/mol. The fourth-order valence-corrected chi connectivity index (χ4v) is 0.896. The maximum atomic E-state index is 10.4. The molecule has 1 unspecified atom stereocenters. The molecule has 0 bridgehead atoms. The van der Waals surface area contributed by atoms with E-state index in [1.54, 1.807) is 18.2 Å². The molecule has 5 nitrogen and oxygen atoms in total. The van der Waals surface area contributed by atoms with Crippen molar-refractivity contribution in [3.63, 3.8) is 0 Å². The number of nitro groups is 1. The first-order valence-electron chi connectivity index (χ1n) is 3.47. The molecule has 0 aliphatic rings. The highest BCUT2D eigenvalue weighted by Crippen LogP contribution is 2.15. The van der Waals surface area contributed by atoms with E-state index < -0.39 is 11.2 Å². The summed E-state index contributed by atoms with van der Waals surface area (Å²) in [6.45, 7) is 1.06. The average Bonchev–Trinajstić information content (AvgIpc) is 2.15. The largest absolute Gasteiger partial charge is 0.423 e. The van der Waals surface area contributed by atoms with Gasteiger partial charge in [0.15, 0.2) is 0 Å². The van der Waals surface area contributed by atoms with Gasteiger partial charge in [-0.25, -0.2) is 4.79 Å². The van der Waals surface area contributed by atoms with E-state index in [2.05, 4.69) is 4.74 Å². The smallest absolute Gasteiger partial charge is 0.386 e. The number of ether oxygens (including phenoxy) is 1. The van der Waals surface area contributed by atoms with Gasteiger partial charge in [0.2, 0.25) is 0 Å². The van der Waals surface area contributed by atoms with E-state index >= 15 is 0 Å². The minimum Gasteiger partial charge on any atom is -0.386 e. The van der Waals surface area contributed by atoms with Crippen LogP contribution in [0.2, 0.25) is 0 Å². The monoisotopic (exact) mass is 180 g/mol. The zero-order valence-corrected chi connectivity index (χ0v) is 6.54. The topological polar surface area (TPSA) is 69.4 Å². The lowest BCUT2D eigenvalue weighted by Gasteiger charge is -2.05. The van der Waals surface area contributed by atoms with Crippen LogP contribution in [0.25, 0.3) is 0 Å². The van der Waals surface area contributed by atoms with Gasteiger partial charge in [0.25, 0.3) is 0 Å². The standard InChI is InChI=1S/C8H6NO4/c10-6-13-8(9(11)12)7-4-2-1-3-5-7/h1-5,8H. The predicted octanol–water partition coefficient (Wildman–Crippen LogP) is 1.05. The van der Waals surface area contributed by atoms with Crippen molar-refractivity contribution in [2.75, 3.05) is 0 Å². The van der Waals surface area contributed by atoms with Gasteiger partial charge < -0.3 is 4.74 Å². The predicted molar refractivity (Wildman–Crippen MR) is 43.0 cm³/mol. The number of rotatable bonds is 4. The molecular formula is C8H6NO4. The maximum absolute atomic E-state index is 10.4. The summed E-state index contributed by atoms with van der Waals surface area (Å²) in [6.07, 6.45) is -1.46. The third-order valence-corrected chi connectivity index (χ3v) is 1.44. The van der Waals surface area contributed by atoms with Crippen LogP contribution in [-0.2, 0) is 9.53 Å². The minimum atomic E-state index is -1.46. The van der Waals surface area contributed by atoms with Gasteiger partial charge in [0, 0.05) is 0 Å². The van der Waals surface area contributed by atoms with E-state index in [4.69, 9.17) is 0 Å². The zero-order valence-electron chi connectivity index (χ0n) is 6.54. The molecule has 0 aliphatic heterocycles. The molecule has 0 heterocycles. The molecule has 1 rings (SSSR count). The van der Waals surface area contributed by atoms with Gasteiger partial charge in [-0.05, 0) is 12.1 Å². The van der Waals surface area contributed by atoms with E-state index in [-0.39, 0.29) is 0 Å². The molecule has 1 atom stereocenters. The summed E-state index contributed by atoms with van der Waals surface area (Å²) in [7, 11) is 0. The third kappa shape index (κ3) is 2.26. The van der Waals surface area contributed by atoms with Gasteiger partial charge >= 0.3 is 12.7 Å². The molecule has 0 saturated carbocycles. The minimum absolute atomic E-state index is 0.316. The van der Waals surface area contributed by atoms with Gasteiger partial charge in [-0.1, -0.05) is 18.2 Å². The second kappa shape index (κ2) is 4.20. The van der Waals surface area contributed by atoms with E-state index in [0.717, 1.165) is 6.47 Å². The maximum Gasteiger partial charge on any atom is 0.423 e. The normalized spacial score (nSPS) is 11.7. The number of hydrogen-bond donors (Lipinski definition) is 0. The summed E-state index contributed by atoms with van der Waals surface area (Å²) in [5, 5.41) is 10.4. The first-order valence-corrected chi connectivity index (χ1v) is 3.47. The van der Waals surface area contributed by atoms with Crippen LogP contribution in [0.3, 0.4) is 0 Å². The Morgan fingerprint density at radius 2 is 2.00 bits per heavy atom. The number of nitrogens with zero attached hydrogens (tertiary/aromatic N) is 1. The highest BCUT2D eigenvalue weighted by molar-refractivity contribution is 5.39. The third-order valence-electron chi connectivity index (χ3n) is 1.44. The SMILES string of the molecule is O=[C]OC(c1ccccc1)[N+](=O)[O-]. The highest BCUT2D eigenvalue weighted by atomic mass is 16.7. The van der Waals surface area contributed by atoms with Crippen molar-refractivity contribution in [1.82, 2.24) is 0 Å². The van der Waals surface area contributed by atoms with Crippen LogP contribution in [0, 0.1) is 10.1 Å². The van der Waals surface area contributed by atoms with Crippen molar-refractivity contribution in [2.45, 2.75) is 6.23 Å². The molecule has 0 aliphatic carbocycles. The molecule has 1 aromatic carbocycles. The van der Waals surface area contributed by atoms with Crippen molar-refractivity contribution in [1.29, 1.82) is 0 Å². The molecule has 0 N–H and O–H groups in total. The summed E-state index contributed by atoms with van der Waals surface area (Å²) < 4.78 is 4.18. The van der Waals surface area contributed by atoms with Crippen LogP contribution < -0.4 is 0 Å². The lowest BCUT2D eigenvalue weighted by molar-refractivity contribution is -0.573. The molecule has 0 spiro atoms. The highest BCUT2D eigenvalue weighted by Gasteiger charge is 2.23. The molecule has 0 fully saturated rings. The fourth-order valence-electron chi connectivity index (χ4n) is 0.896. The molecular weight excluding hydrogens is 174 g/mol. The fraction of sp³-hybridized carbons (Fsp3) is 0.125. The van der Waals surface area contributed by atoms with Crippen LogP contribution >= 0.6 is 0 Å². The van der Waals surface area contributed by atoms with Crippen molar-refractivity contribution in [3.05, 3.63) is 46.0 Å². The van der Waals surface area contributed by atoms with Crippen LogP contribution in [0.5, 0.6) is 0 Å². The summed E-state index contributed by atoms with van der Waals surface area (Å²) in [5.41, 5.74) is 0.316. The quantitative estimate of drug-likeness (QED) is 0.394. The molecule has 1 radical (unpaired) electrons. The van der Waals surface area contributed by atoms with Crippen LogP contribution in [-0.4, -0.2) is 11.4 Å². The molecule has 1 aromatic rings. The lowest BCUT2D eigenvalue weighted by atomic mass is 10.2. The van der Waals surface area contributed by atoms with Crippen LogP contribution in [0.1, 0.15) is 11.8 Å². The first kappa shape index (κ1) is 9.18. The molecule has 0 aromatic heterocycles.